The van der Waals surface area contributed by atoms with E-state index in [0.717, 1.165) is 16.9 Å². The summed E-state index contributed by atoms with van der Waals surface area (Å²) in [5, 5.41) is 0. The van der Waals surface area contributed by atoms with Crippen LogP contribution in [0.4, 0.5) is 0 Å². The molecular weight excluding hydrogens is 360 g/mol. The number of methoxy groups -OCH3 is 3. The first-order chi connectivity index (χ1) is 13.6. The first-order valence-electron chi connectivity index (χ1n) is 9.21. The molecule has 4 unspecified atom stereocenters. The molecule has 4 atom stereocenters. The quantitative estimate of drug-likeness (QED) is 0.767. The molecule has 148 valence electrons. The summed E-state index contributed by atoms with van der Waals surface area (Å²) in [6.45, 7) is 0. The highest BCUT2D eigenvalue weighted by Gasteiger charge is 2.49. The number of benzene rings is 2. The second-order valence-corrected chi connectivity index (χ2v) is 6.95. The zero-order valence-electron chi connectivity index (χ0n) is 16.1. The van der Waals surface area contributed by atoms with Gasteiger partial charge < -0.3 is 18.9 Å². The number of carbonyl (C=O) groups excluding carboxylic acids is 1. The van der Waals surface area contributed by atoms with Gasteiger partial charge in [0.25, 0.3) is 0 Å². The number of fused-ring (bicyclic) bond motifs is 1. The lowest BCUT2D eigenvalue weighted by Gasteiger charge is -2.35. The Bertz CT molecular complexity index is 854. The first kappa shape index (κ1) is 18.6. The van der Waals surface area contributed by atoms with E-state index in [0.29, 0.717) is 17.9 Å². The Morgan fingerprint density at radius 1 is 0.929 bits per heavy atom. The lowest BCUT2D eigenvalue weighted by molar-refractivity contribution is -0.160. The van der Waals surface area contributed by atoms with Gasteiger partial charge in [-0.15, -0.1) is 0 Å². The molecule has 0 aliphatic carbocycles. The molecule has 4 rings (SSSR count). The van der Waals surface area contributed by atoms with E-state index in [4.69, 9.17) is 18.9 Å². The number of hydrogen-bond donors (Lipinski definition) is 2. The molecule has 2 saturated heterocycles. The van der Waals surface area contributed by atoms with Gasteiger partial charge in [0.2, 0.25) is 0 Å². The van der Waals surface area contributed by atoms with Crippen molar-refractivity contribution in [2.75, 3.05) is 21.3 Å². The molecule has 2 heterocycles. The average molecular weight is 384 g/mol. The van der Waals surface area contributed by atoms with E-state index in [1.807, 2.05) is 42.5 Å². The number of rotatable bonds is 5. The van der Waals surface area contributed by atoms with Crippen LogP contribution in [0.3, 0.4) is 0 Å². The Morgan fingerprint density at radius 3 is 2.32 bits per heavy atom. The molecule has 2 N–H and O–H groups in total. The number of esters is 1. The van der Waals surface area contributed by atoms with E-state index in [2.05, 4.69) is 10.9 Å². The monoisotopic (exact) mass is 384 g/mol. The van der Waals surface area contributed by atoms with Gasteiger partial charge in [0.05, 0.1) is 33.8 Å². The summed E-state index contributed by atoms with van der Waals surface area (Å²) >= 11 is 0. The van der Waals surface area contributed by atoms with Crippen LogP contribution in [0.1, 0.15) is 29.5 Å². The van der Waals surface area contributed by atoms with Crippen LogP contribution < -0.4 is 25.1 Å². The average Bonchev–Trinajstić information content (AvgIpc) is 3.16. The van der Waals surface area contributed by atoms with Crippen molar-refractivity contribution in [1.82, 2.24) is 10.9 Å². The third kappa shape index (κ3) is 3.27. The molecule has 2 fully saturated rings. The number of hydrogen-bond acceptors (Lipinski definition) is 7. The Kier molecular flexibility index (Phi) is 5.11. The van der Waals surface area contributed by atoms with E-state index in [1.165, 1.54) is 0 Å². The summed E-state index contributed by atoms with van der Waals surface area (Å²) in [7, 11) is 4.89. The maximum absolute atomic E-state index is 12.3. The third-order valence-electron chi connectivity index (χ3n) is 5.54. The summed E-state index contributed by atoms with van der Waals surface area (Å²) in [5.74, 6) is 1.93. The van der Waals surface area contributed by atoms with Crippen LogP contribution >= 0.6 is 0 Å². The van der Waals surface area contributed by atoms with Crippen LogP contribution in [0, 0.1) is 5.92 Å². The Labute approximate surface area is 163 Å². The second kappa shape index (κ2) is 7.69. The largest absolute Gasteiger partial charge is 0.497 e. The normalized spacial score (nSPS) is 26.3. The second-order valence-electron chi connectivity index (χ2n) is 6.95. The number of nitrogens with one attached hydrogen (secondary N) is 2. The number of hydrazine groups is 1. The van der Waals surface area contributed by atoms with E-state index < -0.39 is 6.23 Å². The smallest absolute Gasteiger partial charge is 0.308 e. The molecule has 7 nitrogen and oxygen atoms in total. The molecule has 0 aromatic heterocycles. The molecule has 0 radical (unpaired) electrons. The van der Waals surface area contributed by atoms with Gasteiger partial charge in [-0.2, -0.15) is 0 Å². The fraction of sp³-hybridized carbons (Fsp3) is 0.381. The Balaban J connectivity index is 1.72. The summed E-state index contributed by atoms with van der Waals surface area (Å²) < 4.78 is 21.8. The minimum absolute atomic E-state index is 0.00777. The van der Waals surface area contributed by atoms with Gasteiger partial charge in [0, 0.05) is 17.9 Å². The van der Waals surface area contributed by atoms with Gasteiger partial charge in [-0.1, -0.05) is 18.2 Å². The van der Waals surface area contributed by atoms with E-state index in [1.54, 1.807) is 21.3 Å². The van der Waals surface area contributed by atoms with E-state index in [-0.39, 0.29) is 23.8 Å². The number of ether oxygens (including phenoxy) is 4. The van der Waals surface area contributed by atoms with Crippen LogP contribution in [-0.2, 0) is 9.53 Å². The van der Waals surface area contributed by atoms with Crippen molar-refractivity contribution in [3.8, 4) is 17.2 Å². The third-order valence-corrected chi connectivity index (χ3v) is 5.54. The van der Waals surface area contributed by atoms with Gasteiger partial charge in [-0.25, -0.2) is 10.9 Å². The highest BCUT2D eigenvalue weighted by molar-refractivity contribution is 5.72. The molecule has 28 heavy (non-hydrogen) atoms. The minimum atomic E-state index is -0.412. The highest BCUT2D eigenvalue weighted by Crippen LogP contribution is 2.47. The van der Waals surface area contributed by atoms with E-state index in [9.17, 15) is 4.79 Å². The maximum atomic E-state index is 12.3. The molecular formula is C21H24N2O5. The summed E-state index contributed by atoms with van der Waals surface area (Å²) in [4.78, 5) is 12.3. The maximum Gasteiger partial charge on any atom is 0.308 e. The van der Waals surface area contributed by atoms with Crippen LogP contribution in [0.2, 0.25) is 0 Å². The van der Waals surface area contributed by atoms with Crippen molar-refractivity contribution in [3.63, 3.8) is 0 Å². The molecule has 2 aromatic rings. The van der Waals surface area contributed by atoms with Gasteiger partial charge in [0.1, 0.15) is 17.2 Å². The van der Waals surface area contributed by atoms with Crippen molar-refractivity contribution in [2.45, 2.75) is 24.6 Å². The van der Waals surface area contributed by atoms with Crippen molar-refractivity contribution in [1.29, 1.82) is 0 Å². The lowest BCUT2D eigenvalue weighted by Crippen LogP contribution is -2.42. The summed E-state index contributed by atoms with van der Waals surface area (Å²) in [6, 6.07) is 13.6. The molecule has 0 bridgehead atoms. The lowest BCUT2D eigenvalue weighted by atomic mass is 9.75. The van der Waals surface area contributed by atoms with Crippen molar-refractivity contribution in [3.05, 3.63) is 53.6 Å². The zero-order valence-corrected chi connectivity index (χ0v) is 16.1. The highest BCUT2D eigenvalue weighted by atomic mass is 16.6. The fourth-order valence-electron chi connectivity index (χ4n) is 4.15. The van der Waals surface area contributed by atoms with Crippen LogP contribution in [0.15, 0.2) is 42.5 Å². The predicted molar refractivity (Wildman–Crippen MR) is 102 cm³/mol. The number of carbonyl (C=O) groups is 1. The molecule has 7 heteroatoms. The van der Waals surface area contributed by atoms with Crippen molar-refractivity contribution >= 4 is 5.97 Å². The Hall–Kier alpha value is -2.77. The molecule has 2 aliphatic rings. The molecule has 0 amide bonds. The van der Waals surface area contributed by atoms with Gasteiger partial charge >= 0.3 is 5.97 Å². The minimum Gasteiger partial charge on any atom is -0.497 e. The molecule has 2 aliphatic heterocycles. The summed E-state index contributed by atoms with van der Waals surface area (Å²) in [5.41, 5.74) is 8.50. The van der Waals surface area contributed by atoms with E-state index >= 15 is 0 Å². The van der Waals surface area contributed by atoms with Crippen molar-refractivity contribution in [2.24, 2.45) is 5.92 Å². The summed E-state index contributed by atoms with van der Waals surface area (Å²) in [6.07, 6.45) is -0.120. The topological polar surface area (TPSA) is 78.0 Å². The van der Waals surface area contributed by atoms with Crippen LogP contribution in [0.25, 0.3) is 0 Å². The predicted octanol–water partition coefficient (Wildman–Crippen LogP) is 2.53. The van der Waals surface area contributed by atoms with Crippen molar-refractivity contribution < 1.29 is 23.7 Å². The van der Waals surface area contributed by atoms with Crippen LogP contribution in [0.5, 0.6) is 17.2 Å². The molecule has 2 aromatic carbocycles. The van der Waals surface area contributed by atoms with Gasteiger partial charge in [0.15, 0.2) is 6.23 Å². The molecule has 0 spiro atoms. The molecule has 0 saturated carbocycles. The van der Waals surface area contributed by atoms with Crippen LogP contribution in [-0.4, -0.2) is 33.5 Å². The Morgan fingerprint density at radius 2 is 1.64 bits per heavy atom. The standard InChI is InChI=1S/C21H24N2O5/c1-25-13-6-4-12(5-7-13)20-19-16(11-18(24)28-21(19)23-22-20)15-9-8-14(26-2)10-17(15)27-3/h4-10,16,19-23H,11H2,1-3H3. The SMILES string of the molecule is COc1ccc(C2NNC3OC(=O)CC(c4ccc(OC)cc4OC)C32)cc1. The van der Waals surface area contributed by atoms with Gasteiger partial charge in [-0.05, 0) is 29.3 Å². The van der Waals surface area contributed by atoms with Gasteiger partial charge in [-0.3, -0.25) is 4.79 Å². The first-order valence-corrected chi connectivity index (χ1v) is 9.21. The fourth-order valence-corrected chi connectivity index (χ4v) is 4.15. The zero-order chi connectivity index (χ0) is 19.7.